The molecule has 0 saturated carbocycles. The molecule has 1 heteroatoms. The van der Waals surface area contributed by atoms with Gasteiger partial charge in [-0.2, -0.15) is 0 Å². The minimum Gasteiger partial charge on any atom is -0.0843 e. The van der Waals surface area contributed by atoms with Crippen LogP contribution in [-0.2, 0) is 6.42 Å². The quantitative estimate of drug-likeness (QED) is 0.552. The SMILES string of the molecule is Clc1ccc2c(c1)[CH]C=CC2. The number of halogens is 1. The maximum Gasteiger partial charge on any atom is 0.0409 e. The summed E-state index contributed by atoms with van der Waals surface area (Å²) in [5.74, 6) is 0. The fourth-order valence-corrected chi connectivity index (χ4v) is 1.45. The van der Waals surface area contributed by atoms with Gasteiger partial charge in [0.25, 0.3) is 0 Å². The van der Waals surface area contributed by atoms with Gasteiger partial charge in [-0.05, 0) is 29.7 Å². The van der Waals surface area contributed by atoms with E-state index in [4.69, 9.17) is 11.6 Å². The molecule has 0 aromatic heterocycles. The van der Waals surface area contributed by atoms with E-state index < -0.39 is 0 Å². The van der Waals surface area contributed by atoms with Crippen LogP contribution < -0.4 is 0 Å². The Hall–Kier alpha value is -0.750. The number of allylic oxidation sites excluding steroid dienone is 2. The Balaban J connectivity index is 2.48. The van der Waals surface area contributed by atoms with Crippen LogP contribution in [0.5, 0.6) is 0 Å². The normalized spacial score (nSPS) is 14.6. The highest BCUT2D eigenvalue weighted by atomic mass is 35.5. The molecule has 0 nitrogen and oxygen atoms in total. The Labute approximate surface area is 71.5 Å². The monoisotopic (exact) mass is 163 g/mol. The summed E-state index contributed by atoms with van der Waals surface area (Å²) in [6.07, 6.45) is 7.34. The van der Waals surface area contributed by atoms with Crippen LogP contribution in [-0.4, -0.2) is 0 Å². The molecular formula is C10H8Cl. The highest BCUT2D eigenvalue weighted by Gasteiger charge is 2.03. The van der Waals surface area contributed by atoms with Gasteiger partial charge in [0.05, 0.1) is 0 Å². The highest BCUT2D eigenvalue weighted by molar-refractivity contribution is 6.30. The van der Waals surface area contributed by atoms with Crippen LogP contribution in [0, 0.1) is 6.42 Å². The summed E-state index contributed by atoms with van der Waals surface area (Å²) in [6.45, 7) is 0. The van der Waals surface area contributed by atoms with Crippen LogP contribution in [0.1, 0.15) is 11.1 Å². The number of benzene rings is 1. The molecule has 2 rings (SSSR count). The van der Waals surface area contributed by atoms with E-state index >= 15 is 0 Å². The van der Waals surface area contributed by atoms with Crippen molar-refractivity contribution < 1.29 is 0 Å². The third-order valence-corrected chi connectivity index (χ3v) is 2.09. The molecule has 1 aromatic rings. The van der Waals surface area contributed by atoms with Gasteiger partial charge in [-0.25, -0.2) is 0 Å². The molecule has 0 N–H and O–H groups in total. The molecule has 1 aromatic carbocycles. The van der Waals surface area contributed by atoms with Gasteiger partial charge in [-0.15, -0.1) is 0 Å². The average molecular weight is 164 g/mol. The number of fused-ring (bicyclic) bond motifs is 1. The summed E-state index contributed by atoms with van der Waals surface area (Å²) >= 11 is 5.83. The molecule has 0 bridgehead atoms. The molecule has 1 radical (unpaired) electrons. The van der Waals surface area contributed by atoms with Crippen LogP contribution in [0.3, 0.4) is 0 Å². The zero-order valence-corrected chi connectivity index (χ0v) is 6.81. The van der Waals surface area contributed by atoms with Crippen molar-refractivity contribution >= 4 is 11.6 Å². The Morgan fingerprint density at radius 1 is 1.27 bits per heavy atom. The lowest BCUT2D eigenvalue weighted by Crippen LogP contribution is -1.94. The zero-order valence-electron chi connectivity index (χ0n) is 6.05. The van der Waals surface area contributed by atoms with E-state index in [0.29, 0.717) is 0 Å². The largest absolute Gasteiger partial charge is 0.0843 e. The molecular weight excluding hydrogens is 156 g/mol. The van der Waals surface area contributed by atoms with E-state index in [0.717, 1.165) is 11.4 Å². The van der Waals surface area contributed by atoms with E-state index in [1.807, 2.05) is 12.1 Å². The molecule has 0 heterocycles. The molecule has 0 fully saturated rings. The van der Waals surface area contributed by atoms with Gasteiger partial charge < -0.3 is 0 Å². The van der Waals surface area contributed by atoms with Crippen molar-refractivity contribution in [3.63, 3.8) is 0 Å². The molecule has 1 aliphatic rings. The highest BCUT2D eigenvalue weighted by Crippen LogP contribution is 2.21. The first-order valence-corrected chi connectivity index (χ1v) is 4.02. The summed E-state index contributed by atoms with van der Waals surface area (Å²) in [5.41, 5.74) is 2.61. The molecule has 1 aliphatic carbocycles. The second-order valence-electron chi connectivity index (χ2n) is 2.64. The topological polar surface area (TPSA) is 0 Å². The van der Waals surface area contributed by atoms with Crippen molar-refractivity contribution in [3.05, 3.63) is 52.9 Å². The first-order valence-electron chi connectivity index (χ1n) is 3.64. The lowest BCUT2D eigenvalue weighted by Gasteiger charge is -2.09. The predicted octanol–water partition coefficient (Wildman–Crippen LogP) is 3.00. The average Bonchev–Trinajstić information content (AvgIpc) is 2.04. The molecule has 0 saturated heterocycles. The molecule has 55 valence electrons. The minimum absolute atomic E-state index is 0.815. The number of hydrogen-bond acceptors (Lipinski definition) is 0. The Morgan fingerprint density at radius 3 is 3.09 bits per heavy atom. The van der Waals surface area contributed by atoms with E-state index in [2.05, 4.69) is 24.6 Å². The molecule has 0 spiro atoms. The fourth-order valence-electron chi connectivity index (χ4n) is 1.27. The zero-order chi connectivity index (χ0) is 7.68. The first kappa shape index (κ1) is 6.93. The third-order valence-electron chi connectivity index (χ3n) is 1.86. The van der Waals surface area contributed by atoms with Crippen LogP contribution in [0.4, 0.5) is 0 Å². The Kier molecular flexibility index (Phi) is 1.71. The molecule has 0 aliphatic heterocycles. The summed E-state index contributed by atoms with van der Waals surface area (Å²) < 4.78 is 0. The lowest BCUT2D eigenvalue weighted by atomic mass is 9.97. The van der Waals surface area contributed by atoms with Gasteiger partial charge >= 0.3 is 0 Å². The van der Waals surface area contributed by atoms with Gasteiger partial charge in [0, 0.05) is 11.4 Å². The van der Waals surface area contributed by atoms with Gasteiger partial charge in [-0.3, -0.25) is 0 Å². The van der Waals surface area contributed by atoms with E-state index in [1.54, 1.807) is 0 Å². The minimum atomic E-state index is 0.815. The summed E-state index contributed by atoms with van der Waals surface area (Å²) in [7, 11) is 0. The first-order chi connectivity index (χ1) is 5.36. The summed E-state index contributed by atoms with van der Waals surface area (Å²) in [6, 6.07) is 6.02. The van der Waals surface area contributed by atoms with Crippen molar-refractivity contribution in [2.24, 2.45) is 0 Å². The maximum absolute atomic E-state index is 5.83. The smallest absolute Gasteiger partial charge is 0.0409 e. The van der Waals surface area contributed by atoms with Crippen molar-refractivity contribution in [1.82, 2.24) is 0 Å². The van der Waals surface area contributed by atoms with Gasteiger partial charge in [0.15, 0.2) is 0 Å². The van der Waals surface area contributed by atoms with Crippen LogP contribution in [0.25, 0.3) is 0 Å². The van der Waals surface area contributed by atoms with Gasteiger partial charge in [0.2, 0.25) is 0 Å². The third kappa shape index (κ3) is 1.31. The number of rotatable bonds is 0. The van der Waals surface area contributed by atoms with Crippen LogP contribution >= 0.6 is 11.6 Å². The molecule has 11 heavy (non-hydrogen) atoms. The summed E-state index contributed by atoms with van der Waals surface area (Å²) in [5, 5.41) is 0.815. The molecule has 0 atom stereocenters. The van der Waals surface area contributed by atoms with Crippen molar-refractivity contribution in [1.29, 1.82) is 0 Å². The second-order valence-corrected chi connectivity index (χ2v) is 3.08. The lowest BCUT2D eigenvalue weighted by molar-refractivity contribution is 1.19. The van der Waals surface area contributed by atoms with E-state index in [-0.39, 0.29) is 0 Å². The van der Waals surface area contributed by atoms with E-state index in [1.165, 1.54) is 11.1 Å². The summed E-state index contributed by atoms with van der Waals surface area (Å²) in [4.78, 5) is 0. The van der Waals surface area contributed by atoms with E-state index in [9.17, 15) is 0 Å². The molecule has 0 amide bonds. The Morgan fingerprint density at radius 2 is 2.18 bits per heavy atom. The van der Waals surface area contributed by atoms with Crippen LogP contribution in [0.2, 0.25) is 5.02 Å². The fraction of sp³-hybridized carbons (Fsp3) is 0.100. The molecule has 0 unspecified atom stereocenters. The van der Waals surface area contributed by atoms with Gasteiger partial charge in [0.1, 0.15) is 0 Å². The van der Waals surface area contributed by atoms with Gasteiger partial charge in [-0.1, -0.05) is 29.8 Å². The van der Waals surface area contributed by atoms with Crippen molar-refractivity contribution in [2.75, 3.05) is 0 Å². The Bertz CT molecular complexity index is 300. The van der Waals surface area contributed by atoms with Crippen molar-refractivity contribution in [2.45, 2.75) is 6.42 Å². The predicted molar refractivity (Wildman–Crippen MR) is 47.7 cm³/mol. The number of hydrogen-bond donors (Lipinski definition) is 0. The standard InChI is InChI=1S/C10H8Cl/c11-10-6-5-8-3-1-2-4-9(8)7-10/h1-2,4-7H,3H2. The second kappa shape index (κ2) is 2.71. The maximum atomic E-state index is 5.83. The van der Waals surface area contributed by atoms with Crippen LogP contribution in [0.15, 0.2) is 30.4 Å². The van der Waals surface area contributed by atoms with Crippen molar-refractivity contribution in [3.8, 4) is 0 Å².